The molecule has 2 aromatic carbocycles. The first-order valence-corrected chi connectivity index (χ1v) is 9.14. The lowest BCUT2D eigenvalue weighted by Crippen LogP contribution is -2.20. The molecule has 0 atom stereocenters. The average molecular weight is 326 g/mol. The van der Waals surface area contributed by atoms with Gasteiger partial charge in [-0.05, 0) is 36.2 Å². The van der Waals surface area contributed by atoms with E-state index in [-0.39, 0.29) is 0 Å². The van der Waals surface area contributed by atoms with Crippen LogP contribution in [0.25, 0.3) is 0 Å². The van der Waals surface area contributed by atoms with E-state index in [0.717, 1.165) is 31.0 Å². The fraction of sp³-hybridized carbons (Fsp3) is 0.429. The van der Waals surface area contributed by atoms with Crippen LogP contribution in [0.15, 0.2) is 54.6 Å². The average Bonchev–Trinajstić information content (AvgIpc) is 2.63. The van der Waals surface area contributed by atoms with Crippen LogP contribution >= 0.6 is 0 Å². The number of unbranched alkanes of at least 4 members (excludes halogenated alkanes) is 5. The molecule has 130 valence electrons. The number of benzene rings is 2. The number of hydrazine groups is 1. The summed E-state index contributed by atoms with van der Waals surface area (Å²) in [5.41, 5.74) is 8.71. The molecule has 24 heavy (non-hydrogen) atoms. The van der Waals surface area contributed by atoms with Gasteiger partial charge < -0.3 is 10.2 Å². The summed E-state index contributed by atoms with van der Waals surface area (Å²) >= 11 is 0. The number of rotatable bonds is 12. The molecule has 2 aromatic rings. The van der Waals surface area contributed by atoms with Gasteiger partial charge in [-0.25, -0.2) is 5.43 Å². The Morgan fingerprint density at radius 3 is 2.25 bits per heavy atom. The van der Waals surface area contributed by atoms with Crippen molar-refractivity contribution in [3.63, 3.8) is 0 Å². The molecule has 0 radical (unpaired) electrons. The van der Waals surface area contributed by atoms with Crippen LogP contribution in [0.4, 0.5) is 5.69 Å². The summed E-state index contributed by atoms with van der Waals surface area (Å²) in [6.45, 7) is 3.84. The first-order valence-electron chi connectivity index (χ1n) is 9.14. The normalized spacial score (nSPS) is 10.5. The minimum Gasteiger partial charge on any atom is -0.494 e. The van der Waals surface area contributed by atoms with Gasteiger partial charge in [-0.1, -0.05) is 69.4 Å². The van der Waals surface area contributed by atoms with Crippen molar-refractivity contribution >= 4 is 5.69 Å². The van der Waals surface area contributed by atoms with Crippen LogP contribution < -0.4 is 15.6 Å². The Balaban J connectivity index is 1.58. The van der Waals surface area contributed by atoms with Gasteiger partial charge >= 0.3 is 0 Å². The molecule has 0 heterocycles. The molecule has 0 spiro atoms. The largest absolute Gasteiger partial charge is 0.494 e. The predicted molar refractivity (Wildman–Crippen MR) is 102 cm³/mol. The molecule has 0 aliphatic heterocycles. The fourth-order valence-electron chi connectivity index (χ4n) is 2.55. The molecule has 0 bridgehead atoms. The highest BCUT2D eigenvalue weighted by molar-refractivity contribution is 5.41. The van der Waals surface area contributed by atoms with E-state index in [9.17, 15) is 0 Å². The van der Waals surface area contributed by atoms with Crippen molar-refractivity contribution in [2.24, 2.45) is 0 Å². The van der Waals surface area contributed by atoms with E-state index < -0.39 is 0 Å². The lowest BCUT2D eigenvalue weighted by atomic mass is 10.1. The van der Waals surface area contributed by atoms with E-state index in [1.165, 1.54) is 37.7 Å². The van der Waals surface area contributed by atoms with Crippen molar-refractivity contribution in [3.05, 3.63) is 60.2 Å². The molecule has 2 N–H and O–H groups in total. The smallest absolute Gasteiger partial charge is 0.119 e. The Kier molecular flexibility index (Phi) is 8.81. The van der Waals surface area contributed by atoms with Crippen LogP contribution in [-0.2, 0) is 6.54 Å². The molecule has 2 rings (SSSR count). The number of anilines is 1. The topological polar surface area (TPSA) is 33.3 Å². The lowest BCUT2D eigenvalue weighted by molar-refractivity contribution is 0.304. The Morgan fingerprint density at radius 1 is 0.792 bits per heavy atom. The summed E-state index contributed by atoms with van der Waals surface area (Å²) in [5, 5.41) is 0. The molecule has 3 heteroatoms. The van der Waals surface area contributed by atoms with Crippen LogP contribution in [0.3, 0.4) is 0 Å². The third-order valence-electron chi connectivity index (χ3n) is 3.99. The Morgan fingerprint density at radius 2 is 1.50 bits per heavy atom. The predicted octanol–water partition coefficient (Wildman–Crippen LogP) is 5.54. The number of ether oxygens (including phenoxy) is 1. The Labute approximate surface area is 146 Å². The first-order chi connectivity index (χ1) is 11.9. The second-order valence-electron chi connectivity index (χ2n) is 6.10. The minimum absolute atomic E-state index is 0.770. The van der Waals surface area contributed by atoms with Gasteiger partial charge in [-0.3, -0.25) is 0 Å². The van der Waals surface area contributed by atoms with Gasteiger partial charge in [0.2, 0.25) is 0 Å². The molecule has 0 fully saturated rings. The molecular formula is C21H30N2O. The van der Waals surface area contributed by atoms with Crippen LogP contribution in [0, 0.1) is 0 Å². The van der Waals surface area contributed by atoms with E-state index in [4.69, 9.17) is 4.74 Å². The number of hydrogen-bond acceptors (Lipinski definition) is 3. The minimum atomic E-state index is 0.770. The summed E-state index contributed by atoms with van der Waals surface area (Å²) in [5.74, 6) is 0.961. The van der Waals surface area contributed by atoms with Crippen molar-refractivity contribution in [2.45, 2.75) is 52.0 Å². The van der Waals surface area contributed by atoms with Crippen molar-refractivity contribution in [2.75, 3.05) is 12.0 Å². The van der Waals surface area contributed by atoms with E-state index in [1.807, 2.05) is 30.3 Å². The summed E-state index contributed by atoms with van der Waals surface area (Å²) in [7, 11) is 0. The molecule has 0 saturated carbocycles. The van der Waals surface area contributed by atoms with Gasteiger partial charge in [0.15, 0.2) is 0 Å². The molecule has 0 amide bonds. The maximum atomic E-state index is 5.81. The number of nitrogens with one attached hydrogen (secondary N) is 2. The monoisotopic (exact) mass is 326 g/mol. The molecule has 0 aliphatic carbocycles. The van der Waals surface area contributed by atoms with E-state index >= 15 is 0 Å². The van der Waals surface area contributed by atoms with E-state index in [0.29, 0.717) is 0 Å². The van der Waals surface area contributed by atoms with Crippen LogP contribution in [0.5, 0.6) is 5.75 Å². The van der Waals surface area contributed by atoms with Crippen LogP contribution in [-0.4, -0.2) is 6.61 Å². The number of hydrogen-bond donors (Lipinski definition) is 2. The molecule has 0 saturated heterocycles. The van der Waals surface area contributed by atoms with Crippen molar-refractivity contribution in [1.82, 2.24) is 5.43 Å². The molecule has 0 unspecified atom stereocenters. The molecular weight excluding hydrogens is 296 g/mol. The Bertz CT molecular complexity index is 540. The van der Waals surface area contributed by atoms with Gasteiger partial charge in [0, 0.05) is 12.2 Å². The van der Waals surface area contributed by atoms with Gasteiger partial charge in [0.25, 0.3) is 0 Å². The van der Waals surface area contributed by atoms with Gasteiger partial charge in [-0.2, -0.15) is 0 Å². The third-order valence-corrected chi connectivity index (χ3v) is 3.99. The molecule has 3 nitrogen and oxygen atoms in total. The first kappa shape index (κ1) is 18.3. The van der Waals surface area contributed by atoms with E-state index in [2.05, 4.69) is 42.0 Å². The van der Waals surface area contributed by atoms with Gasteiger partial charge in [0.1, 0.15) is 5.75 Å². The quantitative estimate of drug-likeness (QED) is 0.397. The molecule has 0 aromatic heterocycles. The second kappa shape index (κ2) is 11.5. The summed E-state index contributed by atoms with van der Waals surface area (Å²) in [6, 6.07) is 18.4. The second-order valence-corrected chi connectivity index (χ2v) is 6.10. The zero-order valence-electron chi connectivity index (χ0n) is 14.8. The van der Waals surface area contributed by atoms with E-state index in [1.54, 1.807) is 0 Å². The SMILES string of the molecule is CCCCCCCCOc1ccc(CNNc2ccccc2)cc1. The zero-order valence-corrected chi connectivity index (χ0v) is 14.8. The summed E-state index contributed by atoms with van der Waals surface area (Å²) in [6.07, 6.45) is 7.76. The highest BCUT2D eigenvalue weighted by atomic mass is 16.5. The number of para-hydroxylation sites is 1. The lowest BCUT2D eigenvalue weighted by Gasteiger charge is -2.10. The standard InChI is InChI=1S/C21H30N2O/c1-2-3-4-5-6-10-17-24-21-15-13-19(14-16-21)18-22-23-20-11-8-7-9-12-20/h7-9,11-16,22-23H,2-6,10,17-18H2,1H3. The van der Waals surface area contributed by atoms with Crippen molar-refractivity contribution in [3.8, 4) is 5.75 Å². The van der Waals surface area contributed by atoms with Gasteiger partial charge in [0.05, 0.1) is 6.61 Å². The molecule has 0 aliphatic rings. The third kappa shape index (κ3) is 7.51. The van der Waals surface area contributed by atoms with Gasteiger partial charge in [-0.15, -0.1) is 0 Å². The highest BCUT2D eigenvalue weighted by Crippen LogP contribution is 2.13. The summed E-state index contributed by atoms with van der Waals surface area (Å²) in [4.78, 5) is 0. The Hall–Kier alpha value is -2.00. The van der Waals surface area contributed by atoms with Crippen molar-refractivity contribution in [1.29, 1.82) is 0 Å². The van der Waals surface area contributed by atoms with Crippen LogP contribution in [0.2, 0.25) is 0 Å². The van der Waals surface area contributed by atoms with Crippen molar-refractivity contribution < 1.29 is 4.74 Å². The highest BCUT2D eigenvalue weighted by Gasteiger charge is 1.97. The maximum Gasteiger partial charge on any atom is 0.119 e. The maximum absolute atomic E-state index is 5.81. The summed E-state index contributed by atoms with van der Waals surface area (Å²) < 4.78 is 5.81. The zero-order chi connectivity index (χ0) is 16.9. The fourth-order valence-corrected chi connectivity index (χ4v) is 2.55. The van der Waals surface area contributed by atoms with Crippen LogP contribution in [0.1, 0.15) is 51.0 Å².